The molecule has 2 aliphatic carbocycles. The minimum absolute atomic E-state index is 0.0588. The summed E-state index contributed by atoms with van der Waals surface area (Å²) in [5.41, 5.74) is 0.286. The van der Waals surface area contributed by atoms with Crippen molar-refractivity contribution in [2.24, 2.45) is 7.05 Å². The third-order valence-corrected chi connectivity index (χ3v) is 7.10. The van der Waals surface area contributed by atoms with Crippen LogP contribution in [0, 0.1) is 0 Å². The van der Waals surface area contributed by atoms with Crippen molar-refractivity contribution in [1.82, 2.24) is 29.2 Å². The van der Waals surface area contributed by atoms with Gasteiger partial charge in [-0.2, -0.15) is 4.98 Å². The summed E-state index contributed by atoms with van der Waals surface area (Å²) in [4.78, 5) is 38.9. The summed E-state index contributed by atoms with van der Waals surface area (Å²) < 4.78 is 7.93. The number of fused-ring (bicyclic) bond motifs is 1. The first-order valence-corrected chi connectivity index (χ1v) is 11.8. The van der Waals surface area contributed by atoms with E-state index in [1.807, 2.05) is 0 Å². The van der Waals surface area contributed by atoms with E-state index in [1.54, 1.807) is 37.5 Å². The number of hydrogen-bond donors (Lipinski definition) is 2. The maximum absolute atomic E-state index is 12.9. The highest BCUT2D eigenvalue weighted by molar-refractivity contribution is 5.73. The second kappa shape index (κ2) is 8.03. The predicted octanol–water partition coefficient (Wildman–Crippen LogP) is 2.36. The average Bonchev–Trinajstić information content (AvgIpc) is 3.23. The minimum Gasteiger partial charge on any atom is -0.367 e. The first-order chi connectivity index (χ1) is 16.9. The predicted molar refractivity (Wildman–Crippen MR) is 130 cm³/mol. The van der Waals surface area contributed by atoms with Gasteiger partial charge in [-0.25, -0.2) is 19.3 Å². The van der Waals surface area contributed by atoms with Crippen molar-refractivity contribution in [1.29, 1.82) is 0 Å². The van der Waals surface area contributed by atoms with E-state index < -0.39 is 11.2 Å². The quantitative estimate of drug-likeness (QED) is 0.432. The highest BCUT2D eigenvalue weighted by atomic mass is 16.5. The number of rotatable bonds is 6. The molecule has 2 fully saturated rings. The Bertz CT molecular complexity index is 1520. The van der Waals surface area contributed by atoms with Gasteiger partial charge in [0.15, 0.2) is 5.52 Å². The normalized spacial score (nSPS) is 20.7. The molecule has 35 heavy (non-hydrogen) atoms. The van der Waals surface area contributed by atoms with Crippen LogP contribution < -0.4 is 21.9 Å². The summed E-state index contributed by atoms with van der Waals surface area (Å²) in [7, 11) is 1.62. The number of anilines is 2. The molecule has 4 heterocycles. The molecule has 0 spiro atoms. The zero-order valence-electron chi connectivity index (χ0n) is 19.6. The van der Waals surface area contributed by atoms with Gasteiger partial charge in [0, 0.05) is 30.7 Å². The van der Waals surface area contributed by atoms with Gasteiger partial charge in [-0.05, 0) is 61.5 Å². The van der Waals surface area contributed by atoms with E-state index in [9.17, 15) is 9.59 Å². The first-order valence-electron chi connectivity index (χ1n) is 11.8. The van der Waals surface area contributed by atoms with Crippen molar-refractivity contribution >= 4 is 22.8 Å². The molecule has 11 nitrogen and oxygen atoms in total. The smallest absolute Gasteiger partial charge is 0.336 e. The van der Waals surface area contributed by atoms with Crippen LogP contribution in [0.2, 0.25) is 0 Å². The van der Waals surface area contributed by atoms with Gasteiger partial charge in [-0.1, -0.05) is 6.92 Å². The molecule has 2 atom stereocenters. The maximum Gasteiger partial charge on any atom is 0.336 e. The molecule has 0 radical (unpaired) electrons. The van der Waals surface area contributed by atoms with Gasteiger partial charge < -0.3 is 15.2 Å². The van der Waals surface area contributed by atoms with Crippen LogP contribution in [0.25, 0.3) is 16.7 Å². The van der Waals surface area contributed by atoms with E-state index in [-0.39, 0.29) is 23.0 Å². The number of aryl methyl sites for hydroxylation is 1. The van der Waals surface area contributed by atoms with Crippen molar-refractivity contribution in [3.8, 4) is 5.69 Å². The van der Waals surface area contributed by atoms with Gasteiger partial charge in [0.25, 0.3) is 11.5 Å². The third-order valence-electron chi connectivity index (χ3n) is 7.10. The van der Waals surface area contributed by atoms with Crippen molar-refractivity contribution in [3.63, 3.8) is 0 Å². The number of nitrogens with one attached hydrogen (secondary N) is 2. The monoisotopic (exact) mass is 474 g/mol. The SMILES string of the molecule is Cn1c(=O)n(-c2ccc(N[C@H]3CC[C@H](Nc4noc(C5(C)CC5)n4)C3)nc2)c(=O)c2ncccc21. The number of pyridine rings is 2. The molecule has 0 unspecified atom stereocenters. The summed E-state index contributed by atoms with van der Waals surface area (Å²) in [6, 6.07) is 7.39. The van der Waals surface area contributed by atoms with Crippen LogP contribution in [-0.4, -0.2) is 41.3 Å². The van der Waals surface area contributed by atoms with Crippen LogP contribution in [0.15, 0.2) is 50.8 Å². The lowest BCUT2D eigenvalue weighted by Crippen LogP contribution is -2.38. The molecule has 2 N–H and O–H groups in total. The van der Waals surface area contributed by atoms with E-state index in [2.05, 4.69) is 37.7 Å². The van der Waals surface area contributed by atoms with Gasteiger partial charge in [0.2, 0.25) is 5.89 Å². The van der Waals surface area contributed by atoms with Crippen molar-refractivity contribution in [3.05, 3.63) is 63.4 Å². The van der Waals surface area contributed by atoms with Gasteiger partial charge in [0.1, 0.15) is 5.82 Å². The van der Waals surface area contributed by atoms with Crippen LogP contribution in [0.1, 0.15) is 44.9 Å². The van der Waals surface area contributed by atoms with E-state index in [0.29, 0.717) is 28.9 Å². The molecule has 180 valence electrons. The Morgan fingerprint density at radius 1 is 1.09 bits per heavy atom. The van der Waals surface area contributed by atoms with Gasteiger partial charge >= 0.3 is 5.69 Å². The summed E-state index contributed by atoms with van der Waals surface area (Å²) in [6.07, 6.45) is 8.10. The second-order valence-corrected chi connectivity index (χ2v) is 9.73. The lowest BCUT2D eigenvalue weighted by Gasteiger charge is -2.15. The lowest BCUT2D eigenvalue weighted by molar-refractivity contribution is 0.353. The molecule has 0 saturated heterocycles. The van der Waals surface area contributed by atoms with Crippen molar-refractivity contribution < 1.29 is 4.52 Å². The molecule has 0 amide bonds. The van der Waals surface area contributed by atoms with Gasteiger partial charge in [-0.3, -0.25) is 9.36 Å². The molecule has 4 aromatic heterocycles. The summed E-state index contributed by atoms with van der Waals surface area (Å²) in [5.74, 6) is 1.96. The van der Waals surface area contributed by atoms with Crippen LogP contribution in [0.4, 0.5) is 11.8 Å². The molecular weight excluding hydrogens is 448 g/mol. The number of aromatic nitrogens is 6. The summed E-state index contributed by atoms with van der Waals surface area (Å²) >= 11 is 0. The van der Waals surface area contributed by atoms with Crippen LogP contribution >= 0.6 is 0 Å². The first kappa shape index (κ1) is 21.5. The molecule has 0 bridgehead atoms. The molecular formula is C24H26N8O3. The molecule has 0 aliphatic heterocycles. The Labute approximate surface area is 200 Å². The Balaban J connectivity index is 1.14. The highest BCUT2D eigenvalue weighted by Gasteiger charge is 2.44. The topological polar surface area (TPSA) is 133 Å². The minimum atomic E-state index is -0.462. The molecule has 0 aromatic carbocycles. The van der Waals surface area contributed by atoms with Crippen molar-refractivity contribution in [2.75, 3.05) is 10.6 Å². The largest absolute Gasteiger partial charge is 0.367 e. The third kappa shape index (κ3) is 3.86. The van der Waals surface area contributed by atoms with Crippen LogP contribution in [0.5, 0.6) is 0 Å². The molecule has 2 aliphatic rings. The van der Waals surface area contributed by atoms with E-state index in [1.165, 1.54) is 10.8 Å². The Morgan fingerprint density at radius 2 is 1.89 bits per heavy atom. The molecule has 11 heteroatoms. The summed E-state index contributed by atoms with van der Waals surface area (Å²) in [6.45, 7) is 2.14. The fraction of sp³-hybridized carbons (Fsp3) is 0.417. The van der Waals surface area contributed by atoms with Gasteiger partial charge in [0.05, 0.1) is 17.4 Å². The average molecular weight is 475 g/mol. The standard InChI is InChI=1S/C24H26N8O3/c1-24(9-10-24)21-29-22(30-35-21)28-15-6-5-14(12-15)27-18-8-7-16(13-26-18)32-20(33)19-17(4-3-11-25-19)31(2)23(32)34/h3-4,7-8,11,13-15H,5-6,9-10,12H2,1-2H3,(H,26,27)(H,28,30)/t14-,15-/m0/s1. The second-order valence-electron chi connectivity index (χ2n) is 9.73. The van der Waals surface area contributed by atoms with E-state index >= 15 is 0 Å². The Kier molecular flexibility index (Phi) is 4.94. The van der Waals surface area contributed by atoms with Crippen molar-refractivity contribution in [2.45, 2.75) is 56.5 Å². The Morgan fingerprint density at radius 3 is 2.63 bits per heavy atom. The molecule has 2 saturated carbocycles. The zero-order chi connectivity index (χ0) is 24.2. The summed E-state index contributed by atoms with van der Waals surface area (Å²) in [5, 5.41) is 10.9. The fourth-order valence-electron chi connectivity index (χ4n) is 4.67. The number of hydrogen-bond acceptors (Lipinski definition) is 9. The molecule has 4 aromatic rings. The maximum atomic E-state index is 12.9. The fourth-order valence-corrected chi connectivity index (χ4v) is 4.67. The highest BCUT2D eigenvalue weighted by Crippen LogP contribution is 2.46. The number of nitrogens with zero attached hydrogens (tertiary/aromatic N) is 6. The molecule has 6 rings (SSSR count). The van der Waals surface area contributed by atoms with Crippen LogP contribution in [-0.2, 0) is 12.5 Å². The lowest BCUT2D eigenvalue weighted by atomic mass is 10.1. The van der Waals surface area contributed by atoms with Gasteiger partial charge in [-0.15, -0.1) is 0 Å². The van der Waals surface area contributed by atoms with E-state index in [0.717, 1.165) is 36.7 Å². The van der Waals surface area contributed by atoms with E-state index in [4.69, 9.17) is 4.52 Å². The zero-order valence-corrected chi connectivity index (χ0v) is 19.6. The Hall–Kier alpha value is -4.02. The van der Waals surface area contributed by atoms with Crippen LogP contribution in [0.3, 0.4) is 0 Å².